The Morgan fingerprint density at radius 3 is 2.43 bits per heavy atom. The maximum atomic E-state index is 11.9. The summed E-state index contributed by atoms with van der Waals surface area (Å²) in [5.74, 6) is -0.0263. The van der Waals surface area contributed by atoms with Gasteiger partial charge in [-0.25, -0.2) is 5.43 Å². The lowest BCUT2D eigenvalue weighted by atomic mass is 10.2. The van der Waals surface area contributed by atoms with Crippen molar-refractivity contribution < 1.29 is 9.53 Å². The zero-order valence-electron chi connectivity index (χ0n) is 12.1. The minimum atomic E-state index is -0.768. The second kappa shape index (κ2) is 8.20. The number of hydrogen-bond acceptors (Lipinski definition) is 3. The van der Waals surface area contributed by atoms with Gasteiger partial charge in [0.05, 0.1) is 11.2 Å². The van der Waals surface area contributed by atoms with E-state index in [0.717, 1.165) is 5.56 Å². The highest BCUT2D eigenvalue weighted by atomic mass is 35.5. The van der Waals surface area contributed by atoms with Gasteiger partial charge >= 0.3 is 0 Å². The molecule has 0 spiro atoms. The summed E-state index contributed by atoms with van der Waals surface area (Å²) < 4.78 is 5.49. The van der Waals surface area contributed by atoms with Crippen LogP contribution in [-0.2, 0) is 4.79 Å². The van der Waals surface area contributed by atoms with Crippen LogP contribution in [0.25, 0.3) is 0 Å². The van der Waals surface area contributed by atoms with Gasteiger partial charge in [-0.2, -0.15) is 5.10 Å². The predicted octanol–water partition coefficient (Wildman–Crippen LogP) is 4.56. The molecule has 0 bridgehead atoms. The molecule has 0 aliphatic rings. The number of carbonyl (C=O) groups excluding carboxylic acids is 1. The first-order valence-electron chi connectivity index (χ1n) is 6.66. The number of amides is 1. The molecule has 2 aromatic carbocycles. The van der Waals surface area contributed by atoms with Gasteiger partial charge in [-0.15, -0.1) is 0 Å². The molecule has 0 aliphatic heterocycles. The molecule has 0 aromatic heterocycles. The average Bonchev–Trinajstić information content (AvgIpc) is 2.51. The topological polar surface area (TPSA) is 50.7 Å². The fourth-order valence-corrected chi connectivity index (χ4v) is 2.20. The van der Waals surface area contributed by atoms with Crippen LogP contribution in [0.15, 0.2) is 47.6 Å². The number of halogens is 3. The summed E-state index contributed by atoms with van der Waals surface area (Å²) >= 11 is 17.6. The third kappa shape index (κ3) is 5.43. The van der Waals surface area contributed by atoms with Crippen LogP contribution < -0.4 is 10.2 Å². The van der Waals surface area contributed by atoms with Crippen molar-refractivity contribution in [2.24, 2.45) is 5.10 Å². The molecular weight excluding hydrogens is 359 g/mol. The van der Waals surface area contributed by atoms with Crippen molar-refractivity contribution in [3.05, 3.63) is 63.1 Å². The Bertz CT molecular complexity index is 718. The normalized spacial score (nSPS) is 12.2. The number of nitrogens with zero attached hydrogens (tertiary/aromatic N) is 1. The lowest BCUT2D eigenvalue weighted by Gasteiger charge is -2.14. The molecule has 0 radical (unpaired) electrons. The minimum absolute atomic E-state index is 0.335. The molecule has 120 valence electrons. The van der Waals surface area contributed by atoms with Crippen LogP contribution in [-0.4, -0.2) is 18.2 Å². The van der Waals surface area contributed by atoms with E-state index < -0.39 is 12.0 Å². The first-order valence-corrected chi connectivity index (χ1v) is 7.79. The van der Waals surface area contributed by atoms with E-state index >= 15 is 0 Å². The van der Waals surface area contributed by atoms with Crippen LogP contribution in [0.3, 0.4) is 0 Å². The summed E-state index contributed by atoms with van der Waals surface area (Å²) in [6.45, 7) is 1.60. The molecule has 0 heterocycles. The van der Waals surface area contributed by atoms with E-state index in [-0.39, 0.29) is 0 Å². The van der Waals surface area contributed by atoms with Crippen LogP contribution in [0, 0.1) is 0 Å². The molecule has 1 amide bonds. The lowest BCUT2D eigenvalue weighted by Crippen LogP contribution is -2.33. The van der Waals surface area contributed by atoms with Crippen molar-refractivity contribution >= 4 is 46.9 Å². The summed E-state index contributed by atoms with van der Waals surface area (Å²) in [6.07, 6.45) is 0.743. The molecule has 0 aliphatic carbocycles. The number of nitrogens with one attached hydrogen (secondary N) is 1. The summed E-state index contributed by atoms with van der Waals surface area (Å²) in [5.41, 5.74) is 3.21. The van der Waals surface area contributed by atoms with Crippen molar-refractivity contribution in [1.29, 1.82) is 0 Å². The average molecular weight is 372 g/mol. The number of ether oxygens (including phenoxy) is 1. The maximum Gasteiger partial charge on any atom is 0.280 e. The number of hydrogen-bond donors (Lipinski definition) is 1. The molecule has 2 rings (SSSR count). The Kier molecular flexibility index (Phi) is 6.28. The first kappa shape index (κ1) is 17.6. The Balaban J connectivity index is 1.90. The molecule has 0 fully saturated rings. The minimum Gasteiger partial charge on any atom is -0.479 e. The van der Waals surface area contributed by atoms with E-state index in [1.807, 2.05) is 0 Å². The first-order chi connectivity index (χ1) is 11.0. The summed E-state index contributed by atoms with van der Waals surface area (Å²) in [4.78, 5) is 11.9. The summed E-state index contributed by atoms with van der Waals surface area (Å²) in [6, 6.07) is 11.8. The van der Waals surface area contributed by atoms with Crippen LogP contribution >= 0.6 is 34.8 Å². The molecule has 0 saturated heterocycles. The monoisotopic (exact) mass is 370 g/mol. The van der Waals surface area contributed by atoms with Crippen LogP contribution in [0.1, 0.15) is 12.5 Å². The van der Waals surface area contributed by atoms with E-state index in [1.54, 1.807) is 49.4 Å². The zero-order chi connectivity index (χ0) is 16.8. The molecule has 23 heavy (non-hydrogen) atoms. The summed E-state index contributed by atoms with van der Waals surface area (Å²) in [7, 11) is 0. The second-order valence-corrected chi connectivity index (χ2v) is 5.90. The van der Waals surface area contributed by atoms with E-state index in [4.69, 9.17) is 39.5 Å². The second-order valence-electron chi connectivity index (χ2n) is 4.62. The van der Waals surface area contributed by atoms with Gasteiger partial charge in [0.15, 0.2) is 6.10 Å². The SMILES string of the molecule is C[C@H](Oc1ccc(Cl)cc1Cl)C(=O)N/N=C\c1ccc(Cl)cc1. The van der Waals surface area contributed by atoms with Crippen molar-refractivity contribution in [3.63, 3.8) is 0 Å². The van der Waals surface area contributed by atoms with Crippen molar-refractivity contribution in [2.75, 3.05) is 0 Å². The van der Waals surface area contributed by atoms with E-state index in [9.17, 15) is 4.79 Å². The number of carbonyl (C=O) groups is 1. The number of hydrazone groups is 1. The summed E-state index contributed by atoms with van der Waals surface area (Å²) in [5, 5.41) is 5.33. The quantitative estimate of drug-likeness (QED) is 0.618. The van der Waals surface area contributed by atoms with E-state index in [0.29, 0.717) is 20.8 Å². The lowest BCUT2D eigenvalue weighted by molar-refractivity contribution is -0.127. The number of benzene rings is 2. The fourth-order valence-electron chi connectivity index (χ4n) is 1.62. The van der Waals surface area contributed by atoms with Gasteiger partial charge in [0.1, 0.15) is 5.75 Å². The highest BCUT2D eigenvalue weighted by molar-refractivity contribution is 6.35. The highest BCUT2D eigenvalue weighted by Crippen LogP contribution is 2.28. The van der Waals surface area contributed by atoms with Crippen molar-refractivity contribution in [1.82, 2.24) is 5.43 Å². The number of rotatable bonds is 5. The third-order valence-electron chi connectivity index (χ3n) is 2.83. The van der Waals surface area contributed by atoms with Gasteiger partial charge in [-0.05, 0) is 42.8 Å². The largest absolute Gasteiger partial charge is 0.479 e. The fraction of sp³-hybridized carbons (Fsp3) is 0.125. The molecule has 0 unspecified atom stereocenters. The Labute approximate surface area is 149 Å². The van der Waals surface area contributed by atoms with Crippen LogP contribution in [0.4, 0.5) is 0 Å². The van der Waals surface area contributed by atoms with Crippen LogP contribution in [0.2, 0.25) is 15.1 Å². The van der Waals surface area contributed by atoms with Gasteiger partial charge < -0.3 is 4.74 Å². The van der Waals surface area contributed by atoms with Gasteiger partial charge in [0, 0.05) is 10.0 Å². The molecule has 1 atom stereocenters. The van der Waals surface area contributed by atoms with Gasteiger partial charge in [0.25, 0.3) is 5.91 Å². The third-order valence-corrected chi connectivity index (χ3v) is 3.61. The highest BCUT2D eigenvalue weighted by Gasteiger charge is 2.15. The predicted molar refractivity (Wildman–Crippen MR) is 93.7 cm³/mol. The Morgan fingerprint density at radius 2 is 1.78 bits per heavy atom. The molecule has 2 aromatic rings. The zero-order valence-corrected chi connectivity index (χ0v) is 14.4. The van der Waals surface area contributed by atoms with Gasteiger partial charge in [-0.3, -0.25) is 4.79 Å². The van der Waals surface area contributed by atoms with Crippen molar-refractivity contribution in [3.8, 4) is 5.75 Å². The molecule has 4 nitrogen and oxygen atoms in total. The van der Waals surface area contributed by atoms with Crippen LogP contribution in [0.5, 0.6) is 5.75 Å². The van der Waals surface area contributed by atoms with Gasteiger partial charge in [0.2, 0.25) is 0 Å². The molecule has 1 N–H and O–H groups in total. The van der Waals surface area contributed by atoms with Gasteiger partial charge in [-0.1, -0.05) is 46.9 Å². The smallest absolute Gasteiger partial charge is 0.280 e. The molecule has 0 saturated carbocycles. The maximum absolute atomic E-state index is 11.9. The Hall–Kier alpha value is -1.75. The van der Waals surface area contributed by atoms with E-state index in [2.05, 4.69) is 10.5 Å². The standard InChI is InChI=1S/C16H13Cl3N2O2/c1-10(23-15-7-6-13(18)8-14(15)19)16(22)21-20-9-11-2-4-12(17)5-3-11/h2-10H,1H3,(H,21,22)/b20-9-/t10-/m0/s1. The van der Waals surface area contributed by atoms with Crippen molar-refractivity contribution in [2.45, 2.75) is 13.0 Å². The molecule has 7 heteroatoms. The Morgan fingerprint density at radius 1 is 1.13 bits per heavy atom. The molecular formula is C16H13Cl3N2O2. The van der Waals surface area contributed by atoms with E-state index in [1.165, 1.54) is 6.21 Å².